The molecule has 0 N–H and O–H groups in total. The number of pyridine rings is 1. The predicted molar refractivity (Wildman–Crippen MR) is 121 cm³/mol. The highest BCUT2D eigenvalue weighted by Gasteiger charge is 2.32. The highest BCUT2D eigenvalue weighted by Crippen LogP contribution is 2.28. The smallest absolute Gasteiger partial charge is 0.383 e. The van der Waals surface area contributed by atoms with Gasteiger partial charge in [-0.25, -0.2) is 15.0 Å². The lowest BCUT2D eigenvalue weighted by Crippen LogP contribution is -2.46. The van der Waals surface area contributed by atoms with E-state index in [0.717, 1.165) is 12.4 Å². The Balaban J connectivity index is 1.86. The zero-order valence-corrected chi connectivity index (χ0v) is 19.9. The van der Waals surface area contributed by atoms with Crippen LogP contribution in [0.5, 0.6) is 0 Å². The molecule has 3 aromatic heterocycles. The second kappa shape index (κ2) is 11.2. The summed E-state index contributed by atoms with van der Waals surface area (Å²) in [7, 11) is 3.18. The highest BCUT2D eigenvalue weighted by atomic mass is 19.4. The molecule has 10 nitrogen and oxygen atoms in total. The van der Waals surface area contributed by atoms with Gasteiger partial charge in [-0.1, -0.05) is 6.92 Å². The summed E-state index contributed by atoms with van der Waals surface area (Å²) >= 11 is 0. The van der Waals surface area contributed by atoms with E-state index in [1.54, 1.807) is 35.9 Å². The SMILES string of the molecule is CC[C@@H](CN(CCOC)c1ncc(C(F)(F)F)cn1)N(C)C(=O)c1nc(C)ccc1-n1nccn1. The highest BCUT2D eigenvalue weighted by molar-refractivity contribution is 5.95. The number of alkyl halides is 3. The number of likely N-dealkylation sites (N-methyl/N-ethyl adjacent to an activating group) is 1. The fraction of sp³-hybridized carbons (Fsp3) is 0.455. The Hall–Kier alpha value is -3.61. The largest absolute Gasteiger partial charge is 0.419 e. The summed E-state index contributed by atoms with van der Waals surface area (Å²) in [6.45, 7) is 4.59. The number of carbonyl (C=O) groups is 1. The Morgan fingerprint density at radius 2 is 1.83 bits per heavy atom. The van der Waals surface area contributed by atoms with Gasteiger partial charge in [0.05, 0.1) is 24.6 Å². The molecule has 0 aliphatic rings. The third-order valence-corrected chi connectivity index (χ3v) is 5.43. The number of aryl methyl sites for hydroxylation is 1. The number of halogens is 3. The van der Waals surface area contributed by atoms with Gasteiger partial charge in [-0.3, -0.25) is 4.79 Å². The fourth-order valence-corrected chi connectivity index (χ4v) is 3.43. The van der Waals surface area contributed by atoms with Crippen molar-refractivity contribution in [2.24, 2.45) is 0 Å². The fourth-order valence-electron chi connectivity index (χ4n) is 3.43. The Labute approximate surface area is 200 Å². The van der Waals surface area contributed by atoms with Crippen molar-refractivity contribution < 1.29 is 22.7 Å². The van der Waals surface area contributed by atoms with Crippen LogP contribution in [0.25, 0.3) is 5.69 Å². The third-order valence-electron chi connectivity index (χ3n) is 5.43. The van der Waals surface area contributed by atoms with Crippen molar-refractivity contribution in [1.29, 1.82) is 0 Å². The molecular weight excluding hydrogens is 465 g/mol. The van der Waals surface area contributed by atoms with Gasteiger partial charge in [0.15, 0.2) is 5.69 Å². The average Bonchev–Trinajstić information content (AvgIpc) is 3.38. The van der Waals surface area contributed by atoms with E-state index in [9.17, 15) is 18.0 Å². The first-order valence-corrected chi connectivity index (χ1v) is 10.9. The van der Waals surface area contributed by atoms with Crippen LogP contribution < -0.4 is 4.90 Å². The van der Waals surface area contributed by atoms with E-state index in [2.05, 4.69) is 25.1 Å². The maximum atomic E-state index is 13.5. The molecule has 0 fully saturated rings. The van der Waals surface area contributed by atoms with Crippen molar-refractivity contribution in [3.8, 4) is 5.69 Å². The van der Waals surface area contributed by atoms with Gasteiger partial charge in [-0.05, 0) is 25.5 Å². The molecule has 0 spiro atoms. The first kappa shape index (κ1) is 26.0. The monoisotopic (exact) mass is 492 g/mol. The minimum absolute atomic E-state index is 0.115. The van der Waals surface area contributed by atoms with Crippen molar-refractivity contribution in [3.63, 3.8) is 0 Å². The molecular formula is C22H27F3N8O2. The summed E-state index contributed by atoms with van der Waals surface area (Å²) in [6, 6.07) is 3.16. The molecule has 1 amide bonds. The van der Waals surface area contributed by atoms with Crippen LogP contribution in [0.4, 0.5) is 19.1 Å². The van der Waals surface area contributed by atoms with Gasteiger partial charge in [-0.2, -0.15) is 23.4 Å². The van der Waals surface area contributed by atoms with Crippen LogP contribution in [0.15, 0.2) is 36.9 Å². The Kier molecular flexibility index (Phi) is 8.33. The van der Waals surface area contributed by atoms with E-state index in [1.807, 2.05) is 6.92 Å². The van der Waals surface area contributed by atoms with Gasteiger partial charge in [0.1, 0.15) is 5.69 Å². The number of hydrogen-bond donors (Lipinski definition) is 0. The Morgan fingerprint density at radius 1 is 1.17 bits per heavy atom. The number of carbonyl (C=O) groups excluding carboxylic acids is 1. The molecule has 3 aromatic rings. The minimum Gasteiger partial charge on any atom is -0.383 e. The molecule has 0 unspecified atom stereocenters. The lowest BCUT2D eigenvalue weighted by molar-refractivity contribution is -0.138. The van der Waals surface area contributed by atoms with Crippen LogP contribution in [0, 0.1) is 6.92 Å². The standard InChI is InChI=1S/C22H27F3N8O2/c1-5-17(14-32(10-11-35-4)21-26-12-16(13-27-21)22(23,24)25)31(3)20(34)19-18(7-6-15(2)30-19)33-28-8-9-29-33/h6-9,12-13,17H,5,10-11,14H2,1-4H3/t17-/m0/s1. The molecule has 35 heavy (non-hydrogen) atoms. The molecule has 0 aromatic carbocycles. The molecule has 3 rings (SSSR count). The zero-order chi connectivity index (χ0) is 25.6. The number of rotatable bonds is 10. The molecule has 0 bridgehead atoms. The number of aromatic nitrogens is 6. The summed E-state index contributed by atoms with van der Waals surface area (Å²) in [4.78, 5) is 30.3. The van der Waals surface area contributed by atoms with Crippen molar-refractivity contribution in [1.82, 2.24) is 34.8 Å². The van der Waals surface area contributed by atoms with Gasteiger partial charge < -0.3 is 14.5 Å². The molecule has 188 valence electrons. The lowest BCUT2D eigenvalue weighted by atomic mass is 10.1. The van der Waals surface area contributed by atoms with Crippen LogP contribution in [0.2, 0.25) is 0 Å². The number of anilines is 1. The average molecular weight is 493 g/mol. The molecule has 3 heterocycles. The summed E-state index contributed by atoms with van der Waals surface area (Å²) in [6.07, 6.45) is 0.536. The summed E-state index contributed by atoms with van der Waals surface area (Å²) < 4.78 is 43.9. The number of hydrogen-bond acceptors (Lipinski definition) is 8. The third kappa shape index (κ3) is 6.29. The van der Waals surface area contributed by atoms with Gasteiger partial charge in [0.25, 0.3) is 5.91 Å². The zero-order valence-electron chi connectivity index (χ0n) is 19.9. The maximum absolute atomic E-state index is 13.5. The second-order valence-corrected chi connectivity index (χ2v) is 7.83. The molecule has 0 aliphatic heterocycles. The van der Waals surface area contributed by atoms with Crippen molar-refractivity contribution >= 4 is 11.9 Å². The van der Waals surface area contributed by atoms with Crippen molar-refractivity contribution in [3.05, 3.63) is 53.9 Å². The molecule has 1 atom stereocenters. The molecule has 0 saturated carbocycles. The molecule has 0 radical (unpaired) electrons. The predicted octanol–water partition coefficient (Wildman–Crippen LogP) is 2.78. The van der Waals surface area contributed by atoms with E-state index in [0.29, 0.717) is 31.0 Å². The summed E-state index contributed by atoms with van der Waals surface area (Å²) in [5.74, 6) is -0.225. The lowest BCUT2D eigenvalue weighted by Gasteiger charge is -2.33. The number of amides is 1. The molecule has 0 aliphatic carbocycles. The van der Waals surface area contributed by atoms with E-state index in [1.165, 1.54) is 24.3 Å². The van der Waals surface area contributed by atoms with E-state index in [-0.39, 0.29) is 30.1 Å². The number of nitrogens with zero attached hydrogens (tertiary/aromatic N) is 8. The number of methoxy groups -OCH3 is 1. The number of ether oxygens (including phenoxy) is 1. The van der Waals surface area contributed by atoms with E-state index < -0.39 is 11.7 Å². The van der Waals surface area contributed by atoms with Crippen molar-refractivity contribution in [2.45, 2.75) is 32.5 Å². The quantitative estimate of drug-likeness (QED) is 0.426. The molecule has 13 heteroatoms. The van der Waals surface area contributed by atoms with E-state index in [4.69, 9.17) is 4.74 Å². The normalized spacial score (nSPS) is 12.4. The van der Waals surface area contributed by atoms with E-state index >= 15 is 0 Å². The van der Waals surface area contributed by atoms with Crippen LogP contribution in [0.3, 0.4) is 0 Å². The topological polar surface area (TPSA) is 102 Å². The Bertz CT molecular complexity index is 1110. The van der Waals surface area contributed by atoms with Crippen LogP contribution in [-0.4, -0.2) is 80.6 Å². The molecule has 0 saturated heterocycles. The first-order chi connectivity index (χ1) is 16.7. The summed E-state index contributed by atoms with van der Waals surface area (Å²) in [5.41, 5.74) is 0.356. The van der Waals surface area contributed by atoms with Gasteiger partial charge in [0.2, 0.25) is 5.95 Å². The first-order valence-electron chi connectivity index (χ1n) is 10.9. The van der Waals surface area contributed by atoms with Gasteiger partial charge in [-0.15, -0.1) is 4.80 Å². The minimum atomic E-state index is -4.53. The van der Waals surface area contributed by atoms with Crippen molar-refractivity contribution in [2.75, 3.05) is 38.8 Å². The van der Waals surface area contributed by atoms with Gasteiger partial charge >= 0.3 is 6.18 Å². The Morgan fingerprint density at radius 3 is 2.40 bits per heavy atom. The van der Waals surface area contributed by atoms with Crippen LogP contribution in [0.1, 0.15) is 35.1 Å². The summed E-state index contributed by atoms with van der Waals surface area (Å²) in [5, 5.41) is 8.21. The second-order valence-electron chi connectivity index (χ2n) is 7.83. The van der Waals surface area contributed by atoms with Gasteiger partial charge in [0, 0.05) is 51.4 Å². The van der Waals surface area contributed by atoms with Crippen LogP contribution >= 0.6 is 0 Å². The maximum Gasteiger partial charge on any atom is 0.419 e. The van der Waals surface area contributed by atoms with Crippen LogP contribution in [-0.2, 0) is 10.9 Å².